The van der Waals surface area contributed by atoms with Crippen molar-refractivity contribution in [1.29, 1.82) is 0 Å². The third-order valence-electron chi connectivity index (χ3n) is 3.29. The molecule has 0 spiro atoms. The lowest BCUT2D eigenvalue weighted by Crippen LogP contribution is -2.20. The van der Waals surface area contributed by atoms with Gasteiger partial charge in [-0.3, -0.25) is 0 Å². The predicted molar refractivity (Wildman–Crippen MR) is 72.1 cm³/mol. The Morgan fingerprint density at radius 3 is 3.18 bits per heavy atom. The third-order valence-corrected chi connectivity index (χ3v) is 4.03. The van der Waals surface area contributed by atoms with Crippen LogP contribution >= 0.6 is 15.9 Å². The number of aliphatic hydroxyl groups excluding tert-OH is 1. The van der Waals surface area contributed by atoms with Gasteiger partial charge in [-0.25, -0.2) is 0 Å². The first-order valence-corrected chi connectivity index (χ1v) is 6.93. The van der Waals surface area contributed by atoms with Gasteiger partial charge in [-0.1, -0.05) is 29.0 Å². The molecule has 94 valence electrons. The monoisotopic (exact) mass is 299 g/mol. The van der Waals surface area contributed by atoms with E-state index in [0.29, 0.717) is 5.92 Å². The van der Waals surface area contributed by atoms with E-state index in [4.69, 9.17) is 9.94 Å². The minimum atomic E-state index is 0.157. The summed E-state index contributed by atoms with van der Waals surface area (Å²) in [5.74, 6) is 0.379. The van der Waals surface area contributed by atoms with Crippen LogP contribution in [0.25, 0.3) is 0 Å². The fraction of sp³-hybridized carbons (Fsp3) is 0.615. The molecule has 4 heteroatoms. The van der Waals surface area contributed by atoms with E-state index in [1.165, 1.54) is 5.57 Å². The van der Waals surface area contributed by atoms with E-state index in [2.05, 4.69) is 39.3 Å². The molecule has 0 aromatic heterocycles. The second-order valence-electron chi connectivity index (χ2n) is 4.49. The zero-order chi connectivity index (χ0) is 12.1. The van der Waals surface area contributed by atoms with Crippen molar-refractivity contribution in [2.75, 3.05) is 6.61 Å². The van der Waals surface area contributed by atoms with Crippen molar-refractivity contribution < 1.29 is 9.94 Å². The number of hydrogen-bond acceptors (Lipinski definition) is 3. The highest BCUT2D eigenvalue weighted by molar-refractivity contribution is 9.18. The lowest BCUT2D eigenvalue weighted by atomic mass is 9.93. The van der Waals surface area contributed by atoms with Gasteiger partial charge >= 0.3 is 0 Å². The summed E-state index contributed by atoms with van der Waals surface area (Å²) in [5.41, 5.74) is 1.29. The Hall–Kier alpha value is -0.610. The van der Waals surface area contributed by atoms with E-state index >= 15 is 0 Å². The van der Waals surface area contributed by atoms with Crippen LogP contribution in [0.5, 0.6) is 0 Å². The van der Waals surface area contributed by atoms with Gasteiger partial charge in [0.15, 0.2) is 0 Å². The molecule has 2 atom stereocenters. The largest absolute Gasteiger partial charge is 0.396 e. The highest BCUT2D eigenvalue weighted by atomic mass is 79.9. The molecule has 0 aromatic rings. The molecule has 0 radical (unpaired) electrons. The van der Waals surface area contributed by atoms with Crippen molar-refractivity contribution in [3.05, 3.63) is 23.8 Å². The number of allylic oxidation sites excluding steroid dienone is 2. The molecule has 3 nitrogen and oxygen atoms in total. The molecule has 0 fully saturated rings. The first kappa shape index (κ1) is 12.8. The molecule has 17 heavy (non-hydrogen) atoms. The zero-order valence-electron chi connectivity index (χ0n) is 9.81. The SMILES string of the molecule is OCC/C1=C/C[C@@H]2ON=C(Br)[C@H]2CC/C=C\C1. The maximum atomic E-state index is 9.01. The summed E-state index contributed by atoms with van der Waals surface area (Å²) < 4.78 is 0.939. The maximum absolute atomic E-state index is 9.01. The Balaban J connectivity index is 2.06. The first-order valence-electron chi connectivity index (χ1n) is 6.14. The molecule has 0 unspecified atom stereocenters. The molecule has 0 bridgehead atoms. The molecule has 1 aliphatic heterocycles. The minimum absolute atomic E-state index is 0.157. The Labute approximate surface area is 110 Å². The Morgan fingerprint density at radius 1 is 1.47 bits per heavy atom. The van der Waals surface area contributed by atoms with E-state index < -0.39 is 0 Å². The van der Waals surface area contributed by atoms with E-state index in [9.17, 15) is 0 Å². The van der Waals surface area contributed by atoms with E-state index in [-0.39, 0.29) is 12.7 Å². The van der Waals surface area contributed by atoms with Crippen LogP contribution in [0.1, 0.15) is 32.1 Å². The number of rotatable bonds is 2. The molecule has 2 aliphatic rings. The van der Waals surface area contributed by atoms with Crippen molar-refractivity contribution in [2.24, 2.45) is 11.1 Å². The standard InChI is InChI=1S/C13H18BrNO2/c14-13-11-5-3-1-2-4-10(8-9-16)6-7-12(11)17-15-13/h1-2,6,11-12,16H,3-5,7-9H2/b2-1-,10-6+/t11-,12-/m0/s1. The minimum Gasteiger partial charge on any atom is -0.396 e. The van der Waals surface area contributed by atoms with Crippen LogP contribution < -0.4 is 0 Å². The Bertz CT molecular complexity index is 349. The summed E-state index contributed by atoms with van der Waals surface area (Å²) in [6.07, 6.45) is 11.5. The van der Waals surface area contributed by atoms with Gasteiger partial charge in [0, 0.05) is 13.0 Å². The molecular weight excluding hydrogens is 282 g/mol. The maximum Gasteiger partial charge on any atom is 0.140 e. The number of aliphatic hydroxyl groups is 1. The molecule has 1 N–H and O–H groups in total. The summed E-state index contributed by atoms with van der Waals surface area (Å²) in [5, 5.41) is 13.0. The van der Waals surface area contributed by atoms with Crippen LogP contribution in [0.2, 0.25) is 0 Å². The predicted octanol–water partition coefficient (Wildman–Crippen LogP) is 3.15. The number of nitrogens with zero attached hydrogens (tertiary/aromatic N) is 1. The fourth-order valence-electron chi connectivity index (χ4n) is 2.27. The summed E-state index contributed by atoms with van der Waals surface area (Å²) in [4.78, 5) is 5.44. The third kappa shape index (κ3) is 3.42. The zero-order valence-corrected chi connectivity index (χ0v) is 11.4. The van der Waals surface area contributed by atoms with Crippen molar-refractivity contribution in [3.8, 4) is 0 Å². The first-order chi connectivity index (χ1) is 8.31. The molecule has 0 aromatic carbocycles. The topological polar surface area (TPSA) is 41.8 Å². The van der Waals surface area contributed by atoms with Crippen molar-refractivity contribution in [1.82, 2.24) is 0 Å². The average Bonchev–Trinajstić information content (AvgIpc) is 2.68. The molecule has 1 aliphatic carbocycles. The van der Waals surface area contributed by atoms with Crippen molar-refractivity contribution in [3.63, 3.8) is 0 Å². The number of halogens is 1. The molecule has 0 saturated heterocycles. The van der Waals surface area contributed by atoms with Crippen LogP contribution in [0, 0.1) is 5.92 Å². The highest BCUT2D eigenvalue weighted by Gasteiger charge is 2.31. The van der Waals surface area contributed by atoms with E-state index in [1.807, 2.05) is 0 Å². The lowest BCUT2D eigenvalue weighted by molar-refractivity contribution is 0.0622. The number of oxime groups is 1. The van der Waals surface area contributed by atoms with Gasteiger partial charge in [0.2, 0.25) is 0 Å². The van der Waals surface area contributed by atoms with Gasteiger partial charge < -0.3 is 9.94 Å². The van der Waals surface area contributed by atoms with Gasteiger partial charge in [-0.2, -0.15) is 0 Å². The molecule has 0 amide bonds. The Kier molecular flexibility index (Phi) is 4.80. The van der Waals surface area contributed by atoms with Crippen LogP contribution in [0.15, 0.2) is 29.0 Å². The lowest BCUT2D eigenvalue weighted by Gasteiger charge is -2.16. The van der Waals surface area contributed by atoms with Gasteiger partial charge in [0.1, 0.15) is 10.7 Å². The normalized spacial score (nSPS) is 34.0. The van der Waals surface area contributed by atoms with Crippen molar-refractivity contribution in [2.45, 2.75) is 38.2 Å². The summed E-state index contributed by atoms with van der Waals surface area (Å²) >= 11 is 3.47. The van der Waals surface area contributed by atoms with Crippen LogP contribution in [-0.4, -0.2) is 22.4 Å². The second kappa shape index (κ2) is 6.36. The van der Waals surface area contributed by atoms with E-state index in [1.54, 1.807) is 0 Å². The van der Waals surface area contributed by atoms with Crippen LogP contribution in [-0.2, 0) is 4.84 Å². The Morgan fingerprint density at radius 2 is 2.35 bits per heavy atom. The van der Waals surface area contributed by atoms with Crippen LogP contribution in [0.4, 0.5) is 0 Å². The van der Waals surface area contributed by atoms with Crippen molar-refractivity contribution >= 4 is 20.6 Å². The van der Waals surface area contributed by atoms with Gasteiger partial charge in [0.25, 0.3) is 0 Å². The summed E-state index contributed by atoms with van der Waals surface area (Å²) in [7, 11) is 0. The second-order valence-corrected chi connectivity index (χ2v) is 5.30. The van der Waals surface area contributed by atoms with Gasteiger partial charge in [-0.05, 0) is 41.6 Å². The smallest absolute Gasteiger partial charge is 0.140 e. The summed E-state index contributed by atoms with van der Waals surface area (Å²) in [6, 6.07) is 0. The number of fused-ring (bicyclic) bond motifs is 1. The fourth-order valence-corrected chi connectivity index (χ4v) is 2.87. The quantitative estimate of drug-likeness (QED) is 0.796. The van der Waals surface area contributed by atoms with Gasteiger partial charge in [0.05, 0.1) is 5.92 Å². The van der Waals surface area contributed by atoms with Gasteiger partial charge in [-0.15, -0.1) is 0 Å². The number of hydrogen-bond donors (Lipinski definition) is 1. The molecule has 1 heterocycles. The molecule has 0 saturated carbocycles. The van der Waals surface area contributed by atoms with E-state index in [0.717, 1.165) is 36.7 Å². The average molecular weight is 300 g/mol. The van der Waals surface area contributed by atoms with Crippen LogP contribution in [0.3, 0.4) is 0 Å². The molecule has 2 rings (SSSR count). The molecular formula is C13H18BrNO2. The summed E-state index contributed by atoms with van der Waals surface area (Å²) in [6.45, 7) is 0.217. The highest BCUT2D eigenvalue weighted by Crippen LogP contribution is 2.30.